The summed E-state index contributed by atoms with van der Waals surface area (Å²) in [4.78, 5) is 14.0. The average Bonchev–Trinajstić information content (AvgIpc) is 3.21. The third kappa shape index (κ3) is 4.27. The molecule has 104 valence electrons. The number of hydrogen-bond donors (Lipinski definition) is 1. The minimum atomic E-state index is 0.102. The summed E-state index contributed by atoms with van der Waals surface area (Å²) in [6.07, 6.45) is 12.1. The molecule has 2 aliphatic carbocycles. The zero-order valence-corrected chi connectivity index (χ0v) is 11.4. The van der Waals surface area contributed by atoms with Crippen molar-refractivity contribution in [3.05, 3.63) is 0 Å². The molecule has 0 bridgehead atoms. The van der Waals surface area contributed by atoms with Gasteiger partial charge in [-0.2, -0.15) is 0 Å². The van der Waals surface area contributed by atoms with Crippen molar-refractivity contribution in [3.63, 3.8) is 0 Å². The molecule has 2 fully saturated rings. The van der Waals surface area contributed by atoms with Gasteiger partial charge in [-0.1, -0.05) is 32.1 Å². The highest BCUT2D eigenvalue weighted by atomic mass is 16.3. The number of hydrogen-bond acceptors (Lipinski definition) is 2. The molecule has 0 atom stereocenters. The summed E-state index contributed by atoms with van der Waals surface area (Å²) in [5, 5.41) is 9.00. The average molecular weight is 253 g/mol. The topological polar surface area (TPSA) is 40.5 Å². The van der Waals surface area contributed by atoms with Crippen LogP contribution in [0.3, 0.4) is 0 Å². The van der Waals surface area contributed by atoms with Gasteiger partial charge in [0.15, 0.2) is 0 Å². The lowest BCUT2D eigenvalue weighted by Crippen LogP contribution is -2.35. The number of rotatable bonds is 7. The molecule has 1 N–H and O–H groups in total. The number of carbonyl (C=O) groups is 1. The number of aliphatic hydroxyl groups is 1. The van der Waals surface area contributed by atoms with E-state index in [1.54, 1.807) is 0 Å². The first-order valence-corrected chi connectivity index (χ1v) is 7.71. The van der Waals surface area contributed by atoms with Crippen molar-refractivity contribution in [2.75, 3.05) is 13.2 Å². The Balaban J connectivity index is 1.63. The smallest absolute Gasteiger partial charge is 0.222 e. The molecule has 3 heteroatoms. The van der Waals surface area contributed by atoms with E-state index in [9.17, 15) is 4.79 Å². The van der Waals surface area contributed by atoms with Crippen LogP contribution in [0.25, 0.3) is 0 Å². The molecule has 1 amide bonds. The summed E-state index contributed by atoms with van der Waals surface area (Å²) in [5.74, 6) is 1.14. The lowest BCUT2D eigenvalue weighted by molar-refractivity contribution is -0.132. The molecule has 2 aliphatic rings. The maximum atomic E-state index is 12.1. The van der Waals surface area contributed by atoms with Crippen LogP contribution in [0.1, 0.15) is 64.2 Å². The standard InChI is InChI=1S/C15H27NO2/c17-12-11-16(14-9-10-14)15(18)8-4-7-13-5-2-1-3-6-13/h13-14,17H,1-12H2. The highest BCUT2D eigenvalue weighted by Gasteiger charge is 2.31. The summed E-state index contributed by atoms with van der Waals surface area (Å²) < 4.78 is 0. The molecule has 0 aliphatic heterocycles. The third-order valence-electron chi connectivity index (χ3n) is 4.38. The van der Waals surface area contributed by atoms with Gasteiger partial charge in [0, 0.05) is 19.0 Å². The first kappa shape index (κ1) is 13.9. The van der Waals surface area contributed by atoms with E-state index in [2.05, 4.69) is 0 Å². The molecule has 0 unspecified atom stereocenters. The first-order chi connectivity index (χ1) is 8.81. The van der Waals surface area contributed by atoms with Crippen molar-refractivity contribution < 1.29 is 9.90 Å². The van der Waals surface area contributed by atoms with Gasteiger partial charge in [-0.05, 0) is 31.6 Å². The normalized spacial score (nSPS) is 20.9. The van der Waals surface area contributed by atoms with E-state index in [1.165, 1.54) is 38.5 Å². The van der Waals surface area contributed by atoms with E-state index in [-0.39, 0.29) is 12.5 Å². The largest absolute Gasteiger partial charge is 0.395 e. The van der Waals surface area contributed by atoms with E-state index >= 15 is 0 Å². The molecule has 0 aromatic rings. The maximum absolute atomic E-state index is 12.1. The quantitative estimate of drug-likeness (QED) is 0.758. The highest BCUT2D eigenvalue weighted by molar-refractivity contribution is 5.76. The van der Waals surface area contributed by atoms with Crippen molar-refractivity contribution in [2.24, 2.45) is 5.92 Å². The molecule has 0 saturated heterocycles. The Kier molecular flexibility index (Phi) is 5.48. The Hall–Kier alpha value is -0.570. The first-order valence-electron chi connectivity index (χ1n) is 7.71. The minimum Gasteiger partial charge on any atom is -0.395 e. The second-order valence-electron chi connectivity index (χ2n) is 5.94. The molecule has 0 heterocycles. The Morgan fingerprint density at radius 2 is 1.83 bits per heavy atom. The fourth-order valence-corrected chi connectivity index (χ4v) is 3.17. The minimum absolute atomic E-state index is 0.102. The predicted octanol–water partition coefficient (Wildman–Crippen LogP) is 2.72. The molecule has 0 aromatic heterocycles. The molecule has 3 nitrogen and oxygen atoms in total. The SMILES string of the molecule is O=C(CCCC1CCCCC1)N(CCO)C1CC1. The van der Waals surface area contributed by atoms with E-state index in [1.807, 2.05) is 4.90 Å². The van der Waals surface area contributed by atoms with Gasteiger partial charge in [0.25, 0.3) is 0 Å². The maximum Gasteiger partial charge on any atom is 0.222 e. The van der Waals surface area contributed by atoms with Crippen LogP contribution in [0, 0.1) is 5.92 Å². The second kappa shape index (κ2) is 7.13. The molecule has 0 spiro atoms. The van der Waals surface area contributed by atoms with Crippen LogP contribution < -0.4 is 0 Å². The van der Waals surface area contributed by atoms with Gasteiger partial charge >= 0.3 is 0 Å². The van der Waals surface area contributed by atoms with Gasteiger partial charge in [-0.3, -0.25) is 4.79 Å². The molecular weight excluding hydrogens is 226 g/mol. The van der Waals surface area contributed by atoms with Gasteiger partial charge in [0.1, 0.15) is 0 Å². The van der Waals surface area contributed by atoms with Gasteiger partial charge in [0.05, 0.1) is 6.61 Å². The molecule has 2 saturated carbocycles. The number of aliphatic hydroxyl groups excluding tert-OH is 1. The fraction of sp³-hybridized carbons (Fsp3) is 0.933. The second-order valence-corrected chi connectivity index (χ2v) is 5.94. The lowest BCUT2D eigenvalue weighted by atomic mass is 9.86. The summed E-state index contributed by atoms with van der Waals surface area (Å²) in [6, 6.07) is 0.444. The van der Waals surface area contributed by atoms with E-state index < -0.39 is 0 Å². The summed E-state index contributed by atoms with van der Waals surface area (Å²) in [7, 11) is 0. The van der Waals surface area contributed by atoms with E-state index in [0.29, 0.717) is 19.0 Å². The zero-order valence-electron chi connectivity index (χ0n) is 11.4. The Labute approximate surface area is 111 Å². The highest BCUT2D eigenvalue weighted by Crippen LogP contribution is 2.29. The van der Waals surface area contributed by atoms with Crippen molar-refractivity contribution in [2.45, 2.75) is 70.3 Å². The Morgan fingerprint density at radius 3 is 2.44 bits per heavy atom. The Bertz CT molecular complexity index is 257. The number of carbonyl (C=O) groups excluding carboxylic acids is 1. The summed E-state index contributed by atoms with van der Waals surface area (Å²) >= 11 is 0. The summed E-state index contributed by atoms with van der Waals surface area (Å²) in [5.41, 5.74) is 0. The molecular formula is C15H27NO2. The lowest BCUT2D eigenvalue weighted by Gasteiger charge is -2.23. The van der Waals surface area contributed by atoms with Crippen LogP contribution in [0.4, 0.5) is 0 Å². The van der Waals surface area contributed by atoms with E-state index in [4.69, 9.17) is 5.11 Å². The predicted molar refractivity (Wildman–Crippen MR) is 72.2 cm³/mol. The van der Waals surface area contributed by atoms with Gasteiger partial charge in [-0.25, -0.2) is 0 Å². The van der Waals surface area contributed by atoms with Crippen molar-refractivity contribution in [1.29, 1.82) is 0 Å². The van der Waals surface area contributed by atoms with Gasteiger partial charge < -0.3 is 10.0 Å². The van der Waals surface area contributed by atoms with Crippen LogP contribution in [0.2, 0.25) is 0 Å². The van der Waals surface area contributed by atoms with Crippen LogP contribution in [-0.2, 0) is 4.79 Å². The fourth-order valence-electron chi connectivity index (χ4n) is 3.17. The van der Waals surface area contributed by atoms with E-state index in [0.717, 1.165) is 25.2 Å². The van der Waals surface area contributed by atoms with Crippen molar-refractivity contribution >= 4 is 5.91 Å². The molecule has 2 rings (SSSR count). The molecule has 0 radical (unpaired) electrons. The van der Waals surface area contributed by atoms with Crippen LogP contribution in [0.15, 0.2) is 0 Å². The third-order valence-corrected chi connectivity index (χ3v) is 4.38. The monoisotopic (exact) mass is 253 g/mol. The Morgan fingerprint density at radius 1 is 1.11 bits per heavy atom. The zero-order chi connectivity index (χ0) is 12.8. The number of amides is 1. The van der Waals surface area contributed by atoms with Gasteiger partial charge in [0.2, 0.25) is 5.91 Å². The van der Waals surface area contributed by atoms with Crippen LogP contribution >= 0.6 is 0 Å². The van der Waals surface area contributed by atoms with Crippen molar-refractivity contribution in [3.8, 4) is 0 Å². The number of nitrogens with zero attached hydrogens (tertiary/aromatic N) is 1. The van der Waals surface area contributed by atoms with Crippen LogP contribution in [0.5, 0.6) is 0 Å². The van der Waals surface area contributed by atoms with Gasteiger partial charge in [-0.15, -0.1) is 0 Å². The molecule has 0 aromatic carbocycles. The molecule has 18 heavy (non-hydrogen) atoms. The van der Waals surface area contributed by atoms with Crippen molar-refractivity contribution in [1.82, 2.24) is 4.90 Å². The summed E-state index contributed by atoms with van der Waals surface area (Å²) in [6.45, 7) is 0.637. The van der Waals surface area contributed by atoms with Crippen LogP contribution in [-0.4, -0.2) is 35.1 Å².